The largest absolute Gasteiger partial charge is 0.491 e. The summed E-state index contributed by atoms with van der Waals surface area (Å²) >= 11 is 0. The van der Waals surface area contributed by atoms with E-state index in [1.165, 1.54) is 12.1 Å². The van der Waals surface area contributed by atoms with Crippen molar-refractivity contribution in [3.05, 3.63) is 59.4 Å². The van der Waals surface area contributed by atoms with Gasteiger partial charge in [-0.25, -0.2) is 9.18 Å². The van der Waals surface area contributed by atoms with E-state index in [-0.39, 0.29) is 5.56 Å². The third-order valence-electron chi connectivity index (χ3n) is 3.48. The Bertz CT molecular complexity index is 687. The molecule has 1 N–H and O–H groups in total. The molecule has 1 aliphatic heterocycles. The van der Waals surface area contributed by atoms with E-state index in [0.29, 0.717) is 25.4 Å². The van der Waals surface area contributed by atoms with Crippen molar-refractivity contribution in [3.63, 3.8) is 0 Å². The lowest BCUT2D eigenvalue weighted by molar-refractivity contribution is 0.0697. The number of carboxylic acids is 1. The van der Waals surface area contributed by atoms with Gasteiger partial charge in [0.15, 0.2) is 0 Å². The minimum Gasteiger partial charge on any atom is -0.491 e. The highest BCUT2D eigenvalue weighted by molar-refractivity contribution is 5.94. The summed E-state index contributed by atoms with van der Waals surface area (Å²) in [4.78, 5) is 13.2. The fourth-order valence-corrected chi connectivity index (χ4v) is 2.49. The topological polar surface area (TPSA) is 49.8 Å². The van der Waals surface area contributed by atoms with E-state index in [1.807, 2.05) is 29.2 Å². The van der Waals surface area contributed by atoms with Gasteiger partial charge in [-0.05, 0) is 24.3 Å². The lowest BCUT2D eigenvalue weighted by Crippen LogP contribution is -2.27. The Kier molecular flexibility index (Phi) is 3.48. The molecule has 21 heavy (non-hydrogen) atoms. The number of rotatable bonds is 2. The zero-order valence-electron chi connectivity index (χ0n) is 11.3. The van der Waals surface area contributed by atoms with Gasteiger partial charge in [-0.3, -0.25) is 0 Å². The molecule has 1 heterocycles. The second-order valence-corrected chi connectivity index (χ2v) is 4.84. The molecule has 2 aromatic carbocycles. The summed E-state index contributed by atoms with van der Waals surface area (Å²) in [7, 11) is 0. The van der Waals surface area contributed by atoms with Crippen molar-refractivity contribution in [2.45, 2.75) is 6.54 Å². The first-order chi connectivity index (χ1) is 10.1. The maximum absolute atomic E-state index is 13.3. The summed E-state index contributed by atoms with van der Waals surface area (Å²) in [5, 5.41) is 9.26. The molecule has 0 saturated carbocycles. The number of halogens is 1. The highest BCUT2D eigenvalue weighted by atomic mass is 19.1. The summed E-state index contributed by atoms with van der Waals surface area (Å²) in [6.45, 7) is 1.52. The van der Waals surface area contributed by atoms with Crippen LogP contribution < -0.4 is 9.64 Å². The van der Waals surface area contributed by atoms with Crippen LogP contribution in [0.3, 0.4) is 0 Å². The van der Waals surface area contributed by atoms with E-state index in [0.717, 1.165) is 17.4 Å². The third kappa shape index (κ3) is 2.67. The molecule has 108 valence electrons. The molecule has 1 aliphatic rings. The Balaban J connectivity index is 2.00. The number of anilines is 1. The summed E-state index contributed by atoms with van der Waals surface area (Å²) in [6.07, 6.45) is 0. The number of ether oxygens (including phenoxy) is 1. The molecule has 2 aromatic rings. The van der Waals surface area contributed by atoms with Gasteiger partial charge in [0.25, 0.3) is 0 Å². The van der Waals surface area contributed by atoms with E-state index in [2.05, 4.69) is 0 Å². The van der Waals surface area contributed by atoms with Gasteiger partial charge in [0, 0.05) is 12.1 Å². The lowest BCUT2D eigenvalue weighted by atomic mass is 10.1. The van der Waals surface area contributed by atoms with Gasteiger partial charge in [-0.2, -0.15) is 0 Å². The van der Waals surface area contributed by atoms with Crippen LogP contribution in [-0.4, -0.2) is 24.2 Å². The molecule has 0 fully saturated rings. The molecule has 0 aliphatic carbocycles. The maximum atomic E-state index is 13.3. The summed E-state index contributed by atoms with van der Waals surface area (Å²) in [6, 6.07) is 11.5. The van der Waals surface area contributed by atoms with Gasteiger partial charge >= 0.3 is 5.97 Å². The van der Waals surface area contributed by atoms with Gasteiger partial charge in [0.1, 0.15) is 18.2 Å². The molecule has 0 atom stereocenters. The van der Waals surface area contributed by atoms with Crippen LogP contribution in [-0.2, 0) is 6.54 Å². The second-order valence-electron chi connectivity index (χ2n) is 4.84. The summed E-state index contributed by atoms with van der Waals surface area (Å²) in [5.41, 5.74) is 1.45. The lowest BCUT2D eigenvalue weighted by Gasteiger charge is -2.23. The van der Waals surface area contributed by atoms with Crippen LogP contribution in [0.2, 0.25) is 0 Å². The Morgan fingerprint density at radius 2 is 2.05 bits per heavy atom. The van der Waals surface area contributed by atoms with Crippen molar-refractivity contribution in [2.24, 2.45) is 0 Å². The van der Waals surface area contributed by atoms with E-state index in [9.17, 15) is 14.3 Å². The Morgan fingerprint density at radius 1 is 1.24 bits per heavy atom. The number of carbonyl (C=O) groups is 1. The van der Waals surface area contributed by atoms with E-state index < -0.39 is 11.8 Å². The molecule has 3 rings (SSSR count). The first-order valence-electron chi connectivity index (χ1n) is 6.63. The zero-order valence-corrected chi connectivity index (χ0v) is 11.3. The van der Waals surface area contributed by atoms with Gasteiger partial charge in [-0.1, -0.05) is 18.2 Å². The standard InChI is InChI=1S/C16H14FNO3/c17-12-5-6-14(13(9-12)16(19)20)18-7-8-21-15-4-2-1-3-11(15)10-18/h1-6,9H,7-8,10H2,(H,19,20). The van der Waals surface area contributed by atoms with Crippen LogP contribution in [0.5, 0.6) is 5.75 Å². The predicted octanol–water partition coefficient (Wildman–Crippen LogP) is 2.92. The molecule has 0 aromatic heterocycles. The average molecular weight is 287 g/mol. The molecule has 0 amide bonds. The summed E-state index contributed by atoms with van der Waals surface area (Å²) < 4.78 is 18.9. The molecule has 4 nitrogen and oxygen atoms in total. The van der Waals surface area contributed by atoms with Crippen LogP contribution >= 0.6 is 0 Å². The average Bonchev–Trinajstić information content (AvgIpc) is 2.69. The monoisotopic (exact) mass is 287 g/mol. The number of carboxylic acid groups (broad SMARTS) is 1. The van der Waals surface area contributed by atoms with E-state index in [1.54, 1.807) is 0 Å². The molecule has 5 heteroatoms. The normalized spacial score (nSPS) is 14.0. The van der Waals surface area contributed by atoms with Crippen molar-refractivity contribution in [2.75, 3.05) is 18.1 Å². The Labute approximate surface area is 121 Å². The minimum absolute atomic E-state index is 0.0330. The van der Waals surface area contributed by atoms with Crippen LogP contribution in [0.15, 0.2) is 42.5 Å². The molecule has 0 unspecified atom stereocenters. The van der Waals surface area contributed by atoms with Crippen molar-refractivity contribution in [3.8, 4) is 5.75 Å². The van der Waals surface area contributed by atoms with Gasteiger partial charge in [0.2, 0.25) is 0 Å². The molecular formula is C16H14FNO3. The van der Waals surface area contributed by atoms with Crippen molar-refractivity contribution >= 4 is 11.7 Å². The Hall–Kier alpha value is -2.56. The number of nitrogens with zero attached hydrogens (tertiary/aromatic N) is 1. The minimum atomic E-state index is -1.14. The zero-order chi connectivity index (χ0) is 14.8. The van der Waals surface area contributed by atoms with Crippen LogP contribution in [0, 0.1) is 5.82 Å². The highest BCUT2D eigenvalue weighted by Gasteiger charge is 2.20. The van der Waals surface area contributed by atoms with E-state index >= 15 is 0 Å². The third-order valence-corrected chi connectivity index (χ3v) is 3.48. The maximum Gasteiger partial charge on any atom is 0.337 e. The van der Waals surface area contributed by atoms with Crippen molar-refractivity contribution in [1.82, 2.24) is 0 Å². The number of benzene rings is 2. The Morgan fingerprint density at radius 3 is 2.86 bits per heavy atom. The fraction of sp³-hybridized carbons (Fsp3) is 0.188. The fourth-order valence-electron chi connectivity index (χ4n) is 2.49. The van der Waals surface area contributed by atoms with Gasteiger partial charge in [-0.15, -0.1) is 0 Å². The molecule has 0 radical (unpaired) electrons. The first kappa shape index (κ1) is 13.4. The van der Waals surface area contributed by atoms with Gasteiger partial charge in [0.05, 0.1) is 17.8 Å². The van der Waals surface area contributed by atoms with Crippen molar-refractivity contribution < 1.29 is 19.0 Å². The highest BCUT2D eigenvalue weighted by Crippen LogP contribution is 2.28. The number of aromatic carboxylic acids is 1. The quantitative estimate of drug-likeness (QED) is 0.922. The smallest absolute Gasteiger partial charge is 0.337 e. The van der Waals surface area contributed by atoms with Crippen molar-refractivity contribution in [1.29, 1.82) is 0 Å². The number of hydrogen-bond acceptors (Lipinski definition) is 3. The van der Waals surface area contributed by atoms with Crippen LogP contribution in [0.4, 0.5) is 10.1 Å². The number of fused-ring (bicyclic) bond motifs is 1. The summed E-state index contributed by atoms with van der Waals surface area (Å²) in [5.74, 6) is -0.885. The molecule has 0 bridgehead atoms. The SMILES string of the molecule is O=C(O)c1cc(F)ccc1N1CCOc2ccccc2C1. The molecule has 0 saturated heterocycles. The van der Waals surface area contributed by atoms with E-state index in [4.69, 9.17) is 4.74 Å². The van der Waals surface area contributed by atoms with Crippen LogP contribution in [0.1, 0.15) is 15.9 Å². The number of hydrogen-bond donors (Lipinski definition) is 1. The number of para-hydroxylation sites is 1. The first-order valence-corrected chi connectivity index (χ1v) is 6.63. The molecular weight excluding hydrogens is 273 g/mol. The van der Waals surface area contributed by atoms with Gasteiger partial charge < -0.3 is 14.7 Å². The van der Waals surface area contributed by atoms with Crippen LogP contribution in [0.25, 0.3) is 0 Å². The second kappa shape index (κ2) is 5.44. The molecule has 0 spiro atoms. The predicted molar refractivity (Wildman–Crippen MR) is 76.3 cm³/mol.